The molecule has 0 spiro atoms. The van der Waals surface area contributed by atoms with Crippen LogP contribution in [0.25, 0.3) is 5.52 Å². The molecular weight excluding hydrogens is 204 g/mol. The molecule has 5 nitrogen and oxygen atoms in total. The number of amides is 1. The van der Waals surface area contributed by atoms with Crippen LogP contribution in [0.3, 0.4) is 0 Å². The maximum atomic E-state index is 12.1. The van der Waals surface area contributed by atoms with Crippen molar-refractivity contribution in [2.45, 2.75) is 13.8 Å². The standard InChI is InChI=1S/C11H14N4O/c1-3-14(4-2)11(16)10-9-7-5-6-8-15(9)13-12-10/h5-8H,3-4H2,1-2H3. The van der Waals surface area contributed by atoms with Gasteiger partial charge in [-0.25, -0.2) is 4.52 Å². The van der Waals surface area contributed by atoms with Crippen molar-refractivity contribution < 1.29 is 4.79 Å². The van der Waals surface area contributed by atoms with E-state index in [-0.39, 0.29) is 5.91 Å². The highest BCUT2D eigenvalue weighted by Gasteiger charge is 2.18. The fraction of sp³-hybridized carbons (Fsp3) is 0.364. The lowest BCUT2D eigenvalue weighted by molar-refractivity contribution is 0.0769. The molecule has 0 saturated carbocycles. The van der Waals surface area contributed by atoms with Crippen molar-refractivity contribution in [3.8, 4) is 0 Å². The molecule has 0 bridgehead atoms. The number of carbonyl (C=O) groups excluding carboxylic acids is 1. The van der Waals surface area contributed by atoms with Gasteiger partial charge < -0.3 is 4.90 Å². The van der Waals surface area contributed by atoms with Crippen LogP contribution < -0.4 is 0 Å². The predicted octanol–water partition coefficient (Wildman–Crippen LogP) is 1.21. The third-order valence-electron chi connectivity index (χ3n) is 2.58. The van der Waals surface area contributed by atoms with Gasteiger partial charge in [-0.2, -0.15) is 0 Å². The van der Waals surface area contributed by atoms with Gasteiger partial charge in [0.2, 0.25) is 0 Å². The molecule has 16 heavy (non-hydrogen) atoms. The van der Waals surface area contributed by atoms with Gasteiger partial charge >= 0.3 is 0 Å². The lowest BCUT2D eigenvalue weighted by atomic mass is 10.3. The molecule has 84 valence electrons. The van der Waals surface area contributed by atoms with Gasteiger partial charge in [0.1, 0.15) is 0 Å². The summed E-state index contributed by atoms with van der Waals surface area (Å²) in [4.78, 5) is 13.8. The van der Waals surface area contributed by atoms with Crippen LogP contribution in [0.4, 0.5) is 0 Å². The molecule has 0 aliphatic rings. The SMILES string of the molecule is CCN(CC)C(=O)c1nnn2ccccc12. The van der Waals surface area contributed by atoms with E-state index in [9.17, 15) is 4.79 Å². The van der Waals surface area contributed by atoms with E-state index in [1.807, 2.05) is 32.0 Å². The molecule has 2 aromatic heterocycles. The van der Waals surface area contributed by atoms with Crippen LogP contribution in [0, 0.1) is 0 Å². The van der Waals surface area contributed by atoms with E-state index < -0.39 is 0 Å². The summed E-state index contributed by atoms with van der Waals surface area (Å²) in [5.74, 6) is -0.0637. The number of pyridine rings is 1. The van der Waals surface area contributed by atoms with E-state index in [1.165, 1.54) is 0 Å². The van der Waals surface area contributed by atoms with Crippen molar-refractivity contribution in [2.24, 2.45) is 0 Å². The molecule has 0 aliphatic carbocycles. The number of nitrogens with zero attached hydrogens (tertiary/aromatic N) is 4. The molecule has 2 rings (SSSR count). The third kappa shape index (κ3) is 1.64. The fourth-order valence-corrected chi connectivity index (χ4v) is 1.66. The average molecular weight is 218 g/mol. The summed E-state index contributed by atoms with van der Waals surface area (Å²) in [5, 5.41) is 7.84. The summed E-state index contributed by atoms with van der Waals surface area (Å²) in [6.45, 7) is 5.27. The molecule has 0 atom stereocenters. The highest BCUT2D eigenvalue weighted by Crippen LogP contribution is 2.09. The Bertz CT molecular complexity index is 501. The quantitative estimate of drug-likeness (QED) is 0.778. The maximum Gasteiger partial charge on any atom is 0.276 e. The van der Waals surface area contributed by atoms with Gasteiger partial charge in [-0.05, 0) is 26.0 Å². The summed E-state index contributed by atoms with van der Waals surface area (Å²) in [7, 11) is 0. The number of carbonyl (C=O) groups is 1. The van der Waals surface area contributed by atoms with Crippen LogP contribution in [-0.2, 0) is 0 Å². The van der Waals surface area contributed by atoms with Gasteiger partial charge in [0.25, 0.3) is 5.91 Å². The Labute approximate surface area is 93.7 Å². The number of aromatic nitrogens is 3. The molecule has 0 radical (unpaired) electrons. The number of hydrogen-bond donors (Lipinski definition) is 0. The van der Waals surface area contributed by atoms with E-state index in [2.05, 4.69) is 10.3 Å². The van der Waals surface area contributed by atoms with Crippen molar-refractivity contribution in [1.82, 2.24) is 19.7 Å². The summed E-state index contributed by atoms with van der Waals surface area (Å²) in [6.07, 6.45) is 1.78. The smallest absolute Gasteiger partial charge is 0.276 e. The zero-order valence-electron chi connectivity index (χ0n) is 9.42. The normalized spacial score (nSPS) is 10.6. The first-order valence-electron chi connectivity index (χ1n) is 5.37. The lowest BCUT2D eigenvalue weighted by Gasteiger charge is -2.16. The third-order valence-corrected chi connectivity index (χ3v) is 2.58. The first-order chi connectivity index (χ1) is 7.77. The molecule has 2 heterocycles. The number of rotatable bonds is 3. The van der Waals surface area contributed by atoms with Crippen LogP contribution in [0.2, 0.25) is 0 Å². The Morgan fingerprint density at radius 2 is 2.12 bits per heavy atom. The lowest BCUT2D eigenvalue weighted by Crippen LogP contribution is -2.30. The monoisotopic (exact) mass is 218 g/mol. The van der Waals surface area contributed by atoms with Crippen LogP contribution >= 0.6 is 0 Å². The minimum absolute atomic E-state index is 0.0637. The van der Waals surface area contributed by atoms with Crippen LogP contribution in [0.15, 0.2) is 24.4 Å². The van der Waals surface area contributed by atoms with Gasteiger partial charge in [-0.3, -0.25) is 4.79 Å². The van der Waals surface area contributed by atoms with E-state index in [4.69, 9.17) is 0 Å². The Kier molecular flexibility index (Phi) is 2.85. The largest absolute Gasteiger partial charge is 0.338 e. The Hall–Kier alpha value is -1.91. The van der Waals surface area contributed by atoms with Crippen molar-refractivity contribution in [3.05, 3.63) is 30.1 Å². The second-order valence-electron chi connectivity index (χ2n) is 3.45. The minimum Gasteiger partial charge on any atom is -0.338 e. The molecule has 0 aliphatic heterocycles. The first-order valence-corrected chi connectivity index (χ1v) is 5.37. The van der Waals surface area contributed by atoms with Crippen molar-refractivity contribution in [2.75, 3.05) is 13.1 Å². The molecule has 0 fully saturated rings. The topological polar surface area (TPSA) is 50.5 Å². The number of fused-ring (bicyclic) bond motifs is 1. The molecule has 0 aromatic carbocycles. The molecule has 2 aromatic rings. The van der Waals surface area contributed by atoms with E-state index in [0.717, 1.165) is 5.52 Å². The van der Waals surface area contributed by atoms with E-state index >= 15 is 0 Å². The Morgan fingerprint density at radius 1 is 1.38 bits per heavy atom. The molecule has 1 amide bonds. The molecule has 5 heteroatoms. The van der Waals surface area contributed by atoms with Crippen molar-refractivity contribution >= 4 is 11.4 Å². The summed E-state index contributed by atoms with van der Waals surface area (Å²) < 4.78 is 1.61. The van der Waals surface area contributed by atoms with Gasteiger partial charge in [-0.1, -0.05) is 11.3 Å². The van der Waals surface area contributed by atoms with Crippen molar-refractivity contribution in [1.29, 1.82) is 0 Å². The van der Waals surface area contributed by atoms with E-state index in [1.54, 1.807) is 15.6 Å². The van der Waals surface area contributed by atoms with Crippen LogP contribution in [-0.4, -0.2) is 38.7 Å². The highest BCUT2D eigenvalue weighted by atomic mass is 16.2. The van der Waals surface area contributed by atoms with Crippen LogP contribution in [0.1, 0.15) is 24.3 Å². The Morgan fingerprint density at radius 3 is 2.81 bits per heavy atom. The first kappa shape index (κ1) is 10.6. The zero-order valence-corrected chi connectivity index (χ0v) is 9.42. The second kappa shape index (κ2) is 4.30. The van der Waals surface area contributed by atoms with Gasteiger partial charge in [0, 0.05) is 19.3 Å². The molecule has 0 N–H and O–H groups in total. The van der Waals surface area contributed by atoms with Crippen LogP contribution in [0.5, 0.6) is 0 Å². The minimum atomic E-state index is -0.0637. The van der Waals surface area contributed by atoms with Gasteiger partial charge in [0.05, 0.1) is 5.52 Å². The Balaban J connectivity index is 2.43. The average Bonchev–Trinajstić information content (AvgIpc) is 2.74. The summed E-state index contributed by atoms with van der Waals surface area (Å²) in [5.41, 5.74) is 1.17. The number of hydrogen-bond acceptors (Lipinski definition) is 3. The highest BCUT2D eigenvalue weighted by molar-refractivity contribution is 5.98. The second-order valence-corrected chi connectivity index (χ2v) is 3.45. The summed E-state index contributed by atoms with van der Waals surface area (Å²) >= 11 is 0. The van der Waals surface area contributed by atoms with Gasteiger partial charge in [0.15, 0.2) is 5.69 Å². The molecular formula is C11H14N4O. The van der Waals surface area contributed by atoms with E-state index in [0.29, 0.717) is 18.8 Å². The summed E-state index contributed by atoms with van der Waals surface area (Å²) in [6, 6.07) is 5.57. The molecule has 0 unspecified atom stereocenters. The van der Waals surface area contributed by atoms with Crippen molar-refractivity contribution in [3.63, 3.8) is 0 Å². The zero-order chi connectivity index (χ0) is 11.5. The fourth-order valence-electron chi connectivity index (χ4n) is 1.66. The van der Waals surface area contributed by atoms with Gasteiger partial charge in [-0.15, -0.1) is 5.10 Å². The predicted molar refractivity (Wildman–Crippen MR) is 60.2 cm³/mol. The maximum absolute atomic E-state index is 12.1. The molecule has 0 saturated heterocycles.